The molecule has 0 heterocycles. The standard InChI is InChI=1S/C7H10S/c1-8-7-5-3-2-4-6-7/h3-7H,2H2,1H3. The van der Waals surface area contributed by atoms with E-state index in [0.29, 0.717) is 5.25 Å². The first kappa shape index (κ1) is 5.96. The molecule has 8 heavy (non-hydrogen) atoms. The van der Waals surface area contributed by atoms with Gasteiger partial charge in [0.1, 0.15) is 0 Å². The second-order valence-electron chi connectivity index (χ2n) is 1.79. The Hall–Kier alpha value is -0.170. The lowest BCUT2D eigenvalue weighted by molar-refractivity contribution is 1.25. The first-order valence-electron chi connectivity index (χ1n) is 2.79. The van der Waals surface area contributed by atoms with Gasteiger partial charge in [-0.2, -0.15) is 11.8 Å². The Morgan fingerprint density at radius 3 is 2.38 bits per heavy atom. The molecule has 1 aliphatic rings. The Bertz CT molecular complexity index is 102. The summed E-state index contributed by atoms with van der Waals surface area (Å²) in [5.74, 6) is 0. The Morgan fingerprint density at radius 2 is 2.00 bits per heavy atom. The third-order valence-electron chi connectivity index (χ3n) is 1.20. The Balaban J connectivity index is 2.42. The minimum Gasteiger partial charge on any atom is -0.154 e. The molecule has 0 atom stereocenters. The maximum atomic E-state index is 2.24. The maximum absolute atomic E-state index is 2.24. The predicted octanol–water partition coefficient (Wildman–Crippen LogP) is 2.23. The van der Waals surface area contributed by atoms with E-state index >= 15 is 0 Å². The summed E-state index contributed by atoms with van der Waals surface area (Å²) in [4.78, 5) is 0. The van der Waals surface area contributed by atoms with E-state index in [0.717, 1.165) is 6.42 Å². The van der Waals surface area contributed by atoms with Gasteiger partial charge in [0.25, 0.3) is 0 Å². The molecule has 0 radical (unpaired) electrons. The number of rotatable bonds is 1. The van der Waals surface area contributed by atoms with Gasteiger partial charge in [-0.05, 0) is 12.7 Å². The highest BCUT2D eigenvalue weighted by Gasteiger charge is 1.96. The maximum Gasteiger partial charge on any atom is 0.0405 e. The van der Waals surface area contributed by atoms with Gasteiger partial charge in [-0.1, -0.05) is 24.3 Å². The van der Waals surface area contributed by atoms with E-state index in [1.54, 1.807) is 0 Å². The van der Waals surface area contributed by atoms with Crippen LogP contribution in [0.2, 0.25) is 0 Å². The van der Waals surface area contributed by atoms with Gasteiger partial charge in [0, 0.05) is 5.25 Å². The van der Waals surface area contributed by atoms with Gasteiger partial charge in [0.2, 0.25) is 0 Å². The van der Waals surface area contributed by atoms with Crippen molar-refractivity contribution in [2.75, 3.05) is 6.26 Å². The third kappa shape index (κ3) is 1.41. The predicted molar refractivity (Wildman–Crippen MR) is 40.2 cm³/mol. The van der Waals surface area contributed by atoms with Crippen LogP contribution in [0, 0.1) is 0 Å². The van der Waals surface area contributed by atoms with E-state index < -0.39 is 0 Å². The van der Waals surface area contributed by atoms with E-state index in [9.17, 15) is 0 Å². The van der Waals surface area contributed by atoms with Crippen LogP contribution in [0.3, 0.4) is 0 Å². The Morgan fingerprint density at radius 1 is 1.38 bits per heavy atom. The fourth-order valence-electron chi connectivity index (χ4n) is 0.725. The molecule has 0 nitrogen and oxygen atoms in total. The van der Waals surface area contributed by atoms with E-state index in [4.69, 9.17) is 0 Å². The summed E-state index contributed by atoms with van der Waals surface area (Å²) in [7, 11) is 0. The summed E-state index contributed by atoms with van der Waals surface area (Å²) < 4.78 is 0. The second kappa shape index (κ2) is 2.98. The monoisotopic (exact) mass is 126 g/mol. The fraction of sp³-hybridized carbons (Fsp3) is 0.429. The van der Waals surface area contributed by atoms with Gasteiger partial charge in [-0.25, -0.2) is 0 Å². The van der Waals surface area contributed by atoms with E-state index in [-0.39, 0.29) is 0 Å². The lowest BCUT2D eigenvalue weighted by Gasteiger charge is -2.04. The summed E-state index contributed by atoms with van der Waals surface area (Å²) in [5.41, 5.74) is 0. The Labute approximate surface area is 54.7 Å². The molecule has 0 saturated heterocycles. The smallest absolute Gasteiger partial charge is 0.0405 e. The van der Waals surface area contributed by atoms with Gasteiger partial charge < -0.3 is 0 Å². The van der Waals surface area contributed by atoms with E-state index in [2.05, 4.69) is 30.6 Å². The summed E-state index contributed by atoms with van der Waals surface area (Å²) in [6.07, 6.45) is 12.2. The normalized spacial score (nSPS) is 19.6. The summed E-state index contributed by atoms with van der Waals surface area (Å²) in [5, 5.41) is 0.642. The summed E-state index contributed by atoms with van der Waals surface area (Å²) in [6, 6.07) is 0. The molecule has 1 rings (SSSR count). The molecule has 0 aromatic rings. The molecule has 44 valence electrons. The van der Waals surface area contributed by atoms with Crippen LogP contribution in [-0.4, -0.2) is 11.5 Å². The molecular weight excluding hydrogens is 116 g/mol. The molecule has 1 aliphatic carbocycles. The minimum atomic E-state index is 0.642. The van der Waals surface area contributed by atoms with Crippen LogP contribution in [0.4, 0.5) is 0 Å². The van der Waals surface area contributed by atoms with Crippen molar-refractivity contribution in [3.05, 3.63) is 24.3 Å². The highest BCUT2D eigenvalue weighted by molar-refractivity contribution is 7.99. The van der Waals surface area contributed by atoms with Crippen LogP contribution in [0.25, 0.3) is 0 Å². The van der Waals surface area contributed by atoms with Crippen molar-refractivity contribution in [2.24, 2.45) is 0 Å². The lowest BCUT2D eigenvalue weighted by Crippen LogP contribution is -1.93. The average molecular weight is 126 g/mol. The van der Waals surface area contributed by atoms with Crippen molar-refractivity contribution in [1.29, 1.82) is 0 Å². The third-order valence-corrected chi connectivity index (χ3v) is 2.05. The minimum absolute atomic E-state index is 0.642. The zero-order chi connectivity index (χ0) is 5.82. The number of allylic oxidation sites excluding steroid dienone is 2. The first-order chi connectivity index (χ1) is 3.93. The van der Waals surface area contributed by atoms with Crippen LogP contribution < -0.4 is 0 Å². The van der Waals surface area contributed by atoms with E-state index in [1.165, 1.54) is 0 Å². The van der Waals surface area contributed by atoms with E-state index in [1.807, 2.05) is 11.8 Å². The van der Waals surface area contributed by atoms with Gasteiger partial charge in [-0.15, -0.1) is 0 Å². The molecule has 0 bridgehead atoms. The molecule has 0 aromatic carbocycles. The van der Waals surface area contributed by atoms with Crippen LogP contribution in [0.5, 0.6) is 0 Å². The van der Waals surface area contributed by atoms with Crippen molar-refractivity contribution in [3.63, 3.8) is 0 Å². The summed E-state index contributed by atoms with van der Waals surface area (Å²) >= 11 is 1.87. The molecule has 1 heteroatoms. The number of thioether (sulfide) groups is 1. The number of hydrogen-bond donors (Lipinski definition) is 0. The Kier molecular flexibility index (Phi) is 2.22. The molecule has 0 amide bonds. The molecule has 0 fully saturated rings. The summed E-state index contributed by atoms with van der Waals surface area (Å²) in [6.45, 7) is 0. The molecule has 0 spiro atoms. The van der Waals surface area contributed by atoms with Gasteiger partial charge in [0.05, 0.1) is 0 Å². The largest absolute Gasteiger partial charge is 0.154 e. The first-order valence-corrected chi connectivity index (χ1v) is 4.08. The van der Waals surface area contributed by atoms with Crippen molar-refractivity contribution in [1.82, 2.24) is 0 Å². The quantitative estimate of drug-likeness (QED) is 0.485. The van der Waals surface area contributed by atoms with Crippen molar-refractivity contribution in [2.45, 2.75) is 11.7 Å². The molecular formula is C7H10S. The number of hydrogen-bond acceptors (Lipinski definition) is 1. The molecule has 0 unspecified atom stereocenters. The van der Waals surface area contributed by atoms with Crippen LogP contribution in [-0.2, 0) is 0 Å². The lowest BCUT2D eigenvalue weighted by atomic mass is 10.2. The highest BCUT2D eigenvalue weighted by Crippen LogP contribution is 2.13. The zero-order valence-electron chi connectivity index (χ0n) is 5.00. The van der Waals surface area contributed by atoms with Crippen molar-refractivity contribution >= 4 is 11.8 Å². The second-order valence-corrected chi connectivity index (χ2v) is 2.81. The van der Waals surface area contributed by atoms with Gasteiger partial charge >= 0.3 is 0 Å². The zero-order valence-corrected chi connectivity index (χ0v) is 5.82. The topological polar surface area (TPSA) is 0 Å². The van der Waals surface area contributed by atoms with Crippen molar-refractivity contribution < 1.29 is 0 Å². The average Bonchev–Trinajstić information content (AvgIpc) is 1.90. The fourth-order valence-corrected chi connectivity index (χ4v) is 1.26. The van der Waals surface area contributed by atoms with Crippen LogP contribution in [0.15, 0.2) is 24.3 Å². The highest BCUT2D eigenvalue weighted by atomic mass is 32.2. The molecule has 0 aromatic heterocycles. The van der Waals surface area contributed by atoms with Crippen molar-refractivity contribution in [3.8, 4) is 0 Å². The van der Waals surface area contributed by atoms with Crippen LogP contribution >= 0.6 is 11.8 Å². The van der Waals surface area contributed by atoms with Gasteiger partial charge in [-0.3, -0.25) is 0 Å². The van der Waals surface area contributed by atoms with Gasteiger partial charge in [0.15, 0.2) is 0 Å². The molecule has 0 aliphatic heterocycles. The molecule has 0 saturated carbocycles. The van der Waals surface area contributed by atoms with Crippen LogP contribution in [0.1, 0.15) is 6.42 Å². The SMILES string of the molecule is CSC1C=CCC=C1. The molecule has 0 N–H and O–H groups in total.